The van der Waals surface area contributed by atoms with Crippen molar-refractivity contribution in [2.45, 2.75) is 98.2 Å². The molecule has 2 aromatic carbocycles. The number of nitrogen functional groups attached to an aromatic ring is 1. The van der Waals surface area contributed by atoms with Crippen molar-refractivity contribution in [3.8, 4) is 0 Å². The molecule has 3 unspecified atom stereocenters. The summed E-state index contributed by atoms with van der Waals surface area (Å²) in [5.74, 6) is 6.35. The zero-order valence-electron chi connectivity index (χ0n) is 31.5. The molecule has 55 heavy (non-hydrogen) atoms. The van der Waals surface area contributed by atoms with Crippen molar-refractivity contribution in [3.63, 3.8) is 0 Å². The lowest BCUT2D eigenvalue weighted by Gasteiger charge is -2.45. The number of nitrogens with two attached hydrogens (primary N) is 3. The summed E-state index contributed by atoms with van der Waals surface area (Å²) in [6.45, 7) is 4.14. The van der Waals surface area contributed by atoms with Gasteiger partial charge in [-0.15, -0.1) is 11.8 Å². The Bertz CT molecular complexity index is 1570. The number of unbranched alkanes of at least 4 members (excludes halogenated alkanes) is 1. The highest BCUT2D eigenvalue weighted by Crippen LogP contribution is 2.33. The molecular formula is C39H58FN7O7S. The van der Waals surface area contributed by atoms with Crippen LogP contribution in [0.25, 0.3) is 5.70 Å². The van der Waals surface area contributed by atoms with Crippen LogP contribution in [-0.4, -0.2) is 131 Å². The maximum Gasteiger partial charge on any atom is 0.254 e. The Balaban J connectivity index is 1.33. The summed E-state index contributed by atoms with van der Waals surface area (Å²) in [6, 6.07) is 12.8. The lowest BCUT2D eigenvalue weighted by atomic mass is 9.89. The average Bonchev–Trinajstić information content (AvgIpc) is 3.43. The monoisotopic (exact) mass is 787 g/mol. The molecule has 0 saturated carbocycles. The summed E-state index contributed by atoms with van der Waals surface area (Å²) < 4.78 is 24.5. The molecule has 16 heteroatoms. The van der Waals surface area contributed by atoms with Crippen molar-refractivity contribution in [3.05, 3.63) is 65.9 Å². The summed E-state index contributed by atoms with van der Waals surface area (Å²) in [6.07, 6.45) is -0.905. The molecule has 0 aromatic heterocycles. The number of rotatable bonds is 15. The first-order valence-corrected chi connectivity index (χ1v) is 20.1. The van der Waals surface area contributed by atoms with Gasteiger partial charge in [-0.05, 0) is 74.5 Å². The molecule has 14 nitrogen and oxygen atoms in total. The molecule has 2 aromatic rings. The Kier molecular flexibility index (Phi) is 16.0. The van der Waals surface area contributed by atoms with Crippen molar-refractivity contribution in [2.75, 3.05) is 51.8 Å². The van der Waals surface area contributed by atoms with E-state index in [2.05, 4.69) is 10.6 Å². The number of aliphatic hydroxyl groups excluding tert-OH is 3. The van der Waals surface area contributed by atoms with E-state index in [1.54, 1.807) is 41.3 Å². The Morgan fingerprint density at radius 2 is 1.80 bits per heavy atom. The van der Waals surface area contributed by atoms with E-state index < -0.39 is 47.9 Å². The van der Waals surface area contributed by atoms with Crippen LogP contribution in [0.2, 0.25) is 0 Å². The van der Waals surface area contributed by atoms with Gasteiger partial charge in [-0.2, -0.15) is 0 Å². The predicted molar refractivity (Wildman–Crippen MR) is 210 cm³/mol. The lowest BCUT2D eigenvalue weighted by molar-refractivity contribution is -0.230. The number of morpholine rings is 1. The van der Waals surface area contributed by atoms with Crippen molar-refractivity contribution in [1.29, 1.82) is 0 Å². The zero-order chi connectivity index (χ0) is 39.5. The molecule has 0 radical (unpaired) electrons. The number of nitrogens with one attached hydrogen (secondary N) is 2. The van der Waals surface area contributed by atoms with Gasteiger partial charge in [0.05, 0.1) is 44.2 Å². The number of nitrogens with zero attached hydrogens (tertiary/aromatic N) is 2. The van der Waals surface area contributed by atoms with Crippen molar-refractivity contribution >= 4 is 35.0 Å². The van der Waals surface area contributed by atoms with Gasteiger partial charge in [0.15, 0.2) is 0 Å². The van der Waals surface area contributed by atoms with Crippen LogP contribution in [0.15, 0.2) is 59.6 Å². The van der Waals surface area contributed by atoms with Crippen LogP contribution < -0.4 is 27.9 Å². The second-order valence-corrected chi connectivity index (χ2v) is 16.2. The largest absolute Gasteiger partial charge is 0.399 e. The molecule has 5 rings (SSSR count). The van der Waals surface area contributed by atoms with Crippen LogP contribution >= 0.6 is 11.8 Å². The third-order valence-electron chi connectivity index (χ3n) is 10.7. The van der Waals surface area contributed by atoms with Crippen LogP contribution in [0.4, 0.5) is 10.1 Å². The van der Waals surface area contributed by atoms with Crippen molar-refractivity contribution in [2.24, 2.45) is 17.5 Å². The minimum atomic E-state index is -1.62. The van der Waals surface area contributed by atoms with Gasteiger partial charge in [0, 0.05) is 46.2 Å². The van der Waals surface area contributed by atoms with E-state index in [4.69, 9.17) is 26.8 Å². The smallest absolute Gasteiger partial charge is 0.254 e. The van der Waals surface area contributed by atoms with Gasteiger partial charge in [-0.3, -0.25) is 14.0 Å². The molecule has 0 bridgehead atoms. The third kappa shape index (κ3) is 11.8. The Morgan fingerprint density at radius 1 is 1.05 bits per heavy atom. The molecule has 3 saturated heterocycles. The van der Waals surface area contributed by atoms with Crippen LogP contribution in [0.1, 0.15) is 61.4 Å². The van der Waals surface area contributed by atoms with Gasteiger partial charge < -0.3 is 56.8 Å². The number of carbonyl (C=O) groups is 2. The van der Waals surface area contributed by atoms with Gasteiger partial charge in [0.1, 0.15) is 30.5 Å². The van der Waals surface area contributed by atoms with Crippen molar-refractivity contribution < 1.29 is 38.8 Å². The quantitative estimate of drug-likeness (QED) is 0.0423. The first kappa shape index (κ1) is 42.7. The molecule has 0 spiro atoms. The summed E-state index contributed by atoms with van der Waals surface area (Å²) in [7, 11) is 0. The fourth-order valence-electron chi connectivity index (χ4n) is 7.45. The zero-order valence-corrected chi connectivity index (χ0v) is 32.3. The lowest BCUT2D eigenvalue weighted by Crippen LogP contribution is -2.67. The molecule has 9 atom stereocenters. The third-order valence-corrected chi connectivity index (χ3v) is 11.9. The molecule has 3 aliphatic rings. The van der Waals surface area contributed by atoms with Crippen LogP contribution in [0, 0.1) is 5.92 Å². The topological polar surface area (TPSA) is 222 Å². The molecule has 304 valence electrons. The summed E-state index contributed by atoms with van der Waals surface area (Å²) in [5, 5.41) is 40.9. The van der Waals surface area contributed by atoms with Gasteiger partial charge in [0.25, 0.3) is 5.91 Å². The van der Waals surface area contributed by atoms with E-state index in [1.165, 1.54) is 23.0 Å². The van der Waals surface area contributed by atoms with Gasteiger partial charge in [-0.1, -0.05) is 31.9 Å². The number of anilines is 1. The number of ether oxygens (including phenoxy) is 2. The number of amides is 2. The van der Waals surface area contributed by atoms with E-state index in [-0.39, 0.29) is 25.0 Å². The SMILES string of the molecule is C[C@H](Sc1ccc(C(=O)N2CCOCC2)cc1)[C@@H](NC(=O)[C@@H]1CC[C@H](CCCCF)CCN1)[C@H]1OC(CN(N)/C=C(\N)c2cccc(N)c2)[C@H](O)C(O)C1O. The summed E-state index contributed by atoms with van der Waals surface area (Å²) in [4.78, 5) is 29.6. The second-order valence-electron chi connectivity index (χ2n) is 14.7. The van der Waals surface area contributed by atoms with Gasteiger partial charge >= 0.3 is 0 Å². The van der Waals surface area contributed by atoms with Crippen molar-refractivity contribution in [1.82, 2.24) is 20.5 Å². The number of thioether (sulfide) groups is 1. The number of aliphatic hydroxyl groups is 3. The normalized spacial score (nSPS) is 27.5. The van der Waals surface area contributed by atoms with Gasteiger partial charge in [-0.25, -0.2) is 5.84 Å². The summed E-state index contributed by atoms with van der Waals surface area (Å²) in [5.41, 5.74) is 14.2. The molecule has 3 fully saturated rings. The van der Waals surface area contributed by atoms with Crippen LogP contribution in [0.5, 0.6) is 0 Å². The van der Waals surface area contributed by atoms with E-state index in [0.29, 0.717) is 74.1 Å². The molecule has 2 amide bonds. The highest BCUT2D eigenvalue weighted by molar-refractivity contribution is 8.00. The Labute approximate surface area is 326 Å². The maximum atomic E-state index is 14.0. The predicted octanol–water partition coefficient (Wildman–Crippen LogP) is 1.59. The standard InChI is InChI=1S/C39H58FN7O7S/c1-24(55-29-11-9-26(10-12-29)39(52)46-17-19-53-20-18-46)33(45-38(51)31-13-8-25(14-16-44-31)5-2-3-15-40)37-36(50)35(49)34(48)32(54-37)23-47(43)22-30(42)27-6-4-7-28(41)21-27/h4,6-7,9-12,21-22,24-25,31-37,44,48-50H,2-3,5,8,13-20,23,41-43H2,1H3,(H,45,51)/b30-22-/t24-,25-,31-,32?,33+,34-,35?,36?,37+/m0/s1. The number of benzene rings is 2. The molecule has 11 N–H and O–H groups in total. The fraction of sp³-hybridized carbons (Fsp3) is 0.590. The molecular weight excluding hydrogens is 730 g/mol. The maximum absolute atomic E-state index is 14.0. The molecule has 3 heterocycles. The fourth-order valence-corrected chi connectivity index (χ4v) is 8.55. The summed E-state index contributed by atoms with van der Waals surface area (Å²) >= 11 is 1.41. The number of alkyl halides is 1. The van der Waals surface area contributed by atoms with Crippen LogP contribution in [0.3, 0.4) is 0 Å². The van der Waals surface area contributed by atoms with E-state index in [0.717, 1.165) is 30.6 Å². The Hall–Kier alpha value is -3.48. The highest BCUT2D eigenvalue weighted by atomic mass is 32.2. The van der Waals surface area contributed by atoms with E-state index >= 15 is 0 Å². The minimum Gasteiger partial charge on any atom is -0.399 e. The van der Waals surface area contributed by atoms with Crippen LogP contribution in [-0.2, 0) is 14.3 Å². The minimum absolute atomic E-state index is 0.0747. The number of hydrogen-bond donors (Lipinski definition) is 8. The first-order valence-electron chi connectivity index (χ1n) is 19.2. The number of halogens is 1. The first-order chi connectivity index (χ1) is 26.4. The van der Waals surface area contributed by atoms with E-state index in [1.807, 2.05) is 19.1 Å². The molecule has 3 aliphatic heterocycles. The number of hydrogen-bond acceptors (Lipinski definition) is 13. The van der Waals surface area contributed by atoms with E-state index in [9.17, 15) is 29.3 Å². The number of carbonyl (C=O) groups excluding carboxylic acids is 2. The highest BCUT2D eigenvalue weighted by Gasteiger charge is 2.49. The average molecular weight is 788 g/mol. The Morgan fingerprint density at radius 3 is 2.51 bits per heavy atom. The second kappa shape index (κ2) is 20.6. The molecule has 0 aliphatic carbocycles. The van der Waals surface area contributed by atoms with Gasteiger partial charge in [0.2, 0.25) is 5.91 Å². The number of hydrazine groups is 1.